The first kappa shape index (κ1) is 12.7. The smallest absolute Gasteiger partial charge is 0.268 e. The molecule has 0 radical (unpaired) electrons. The Balaban J connectivity index is 2.46. The van der Waals surface area contributed by atoms with Crippen molar-refractivity contribution in [3.63, 3.8) is 0 Å². The molecular formula is C15H20N2O. The average molecular weight is 244 g/mol. The summed E-state index contributed by atoms with van der Waals surface area (Å²) in [6, 6.07) is 6.19. The van der Waals surface area contributed by atoms with Crippen LogP contribution < -0.4 is 5.32 Å². The van der Waals surface area contributed by atoms with Crippen molar-refractivity contribution in [3.05, 3.63) is 35.0 Å². The lowest BCUT2D eigenvalue weighted by atomic mass is 10.1. The van der Waals surface area contributed by atoms with Gasteiger partial charge in [0, 0.05) is 16.4 Å². The minimum Gasteiger partial charge on any atom is -0.350 e. The van der Waals surface area contributed by atoms with E-state index in [2.05, 4.69) is 28.5 Å². The summed E-state index contributed by atoms with van der Waals surface area (Å²) < 4.78 is 0. The third-order valence-corrected chi connectivity index (χ3v) is 2.93. The van der Waals surface area contributed by atoms with Crippen LogP contribution in [-0.4, -0.2) is 16.4 Å². The summed E-state index contributed by atoms with van der Waals surface area (Å²) in [5.74, 6) is -0.0474. The number of carbonyl (C=O) groups excluding carboxylic acids is 1. The summed E-state index contributed by atoms with van der Waals surface area (Å²) in [5.41, 5.74) is 3.65. The van der Waals surface area contributed by atoms with Crippen LogP contribution in [0.4, 0.5) is 0 Å². The number of aromatic nitrogens is 1. The number of hydrogen-bond donors (Lipinski definition) is 2. The van der Waals surface area contributed by atoms with Crippen LogP contribution in [-0.2, 0) is 0 Å². The van der Waals surface area contributed by atoms with Gasteiger partial charge in [-0.15, -0.1) is 0 Å². The van der Waals surface area contributed by atoms with Gasteiger partial charge >= 0.3 is 0 Å². The van der Waals surface area contributed by atoms with Gasteiger partial charge in [-0.2, -0.15) is 0 Å². The quantitative estimate of drug-likeness (QED) is 0.794. The lowest BCUT2D eigenvalue weighted by Crippen LogP contribution is -2.40. The molecule has 2 N–H and O–H groups in total. The molecule has 0 aliphatic carbocycles. The molecule has 1 aromatic heterocycles. The van der Waals surface area contributed by atoms with Crippen molar-refractivity contribution in [1.29, 1.82) is 0 Å². The fourth-order valence-electron chi connectivity index (χ4n) is 2.08. The Morgan fingerprint density at radius 3 is 2.50 bits per heavy atom. The molecule has 0 bridgehead atoms. The van der Waals surface area contributed by atoms with E-state index in [-0.39, 0.29) is 11.4 Å². The number of amides is 1. The number of aromatic amines is 1. The highest BCUT2D eigenvalue weighted by Crippen LogP contribution is 2.23. The van der Waals surface area contributed by atoms with E-state index in [1.165, 1.54) is 5.56 Å². The number of benzene rings is 1. The van der Waals surface area contributed by atoms with E-state index in [9.17, 15) is 4.79 Å². The Bertz CT molecular complexity index is 603. The molecule has 0 unspecified atom stereocenters. The zero-order chi connectivity index (χ0) is 13.5. The topological polar surface area (TPSA) is 44.9 Å². The molecule has 2 rings (SSSR count). The van der Waals surface area contributed by atoms with Crippen LogP contribution in [0.15, 0.2) is 18.2 Å². The van der Waals surface area contributed by atoms with E-state index in [1.807, 2.05) is 34.6 Å². The molecule has 18 heavy (non-hydrogen) atoms. The highest BCUT2D eigenvalue weighted by atomic mass is 16.2. The van der Waals surface area contributed by atoms with E-state index in [0.717, 1.165) is 16.5 Å². The minimum absolute atomic E-state index is 0.0474. The highest BCUT2D eigenvalue weighted by molar-refractivity contribution is 6.01. The van der Waals surface area contributed by atoms with Gasteiger partial charge < -0.3 is 10.3 Å². The Kier molecular flexibility index (Phi) is 2.93. The predicted molar refractivity (Wildman–Crippen MR) is 75.0 cm³/mol. The van der Waals surface area contributed by atoms with Gasteiger partial charge in [0.15, 0.2) is 0 Å². The minimum atomic E-state index is -0.225. The molecule has 1 heterocycles. The second-order valence-electron chi connectivity index (χ2n) is 5.88. The normalized spacial score (nSPS) is 11.8. The van der Waals surface area contributed by atoms with E-state index in [0.29, 0.717) is 5.69 Å². The second kappa shape index (κ2) is 4.16. The lowest BCUT2D eigenvalue weighted by molar-refractivity contribution is 0.0914. The molecule has 0 saturated carbocycles. The van der Waals surface area contributed by atoms with Crippen LogP contribution in [0, 0.1) is 13.8 Å². The zero-order valence-electron chi connectivity index (χ0n) is 11.6. The van der Waals surface area contributed by atoms with E-state index in [4.69, 9.17) is 0 Å². The number of H-pyrrole nitrogens is 1. The standard InChI is InChI=1S/C15H20N2O/c1-9-6-7-11-10(2)13(16-12(11)8-9)14(18)17-15(3,4)5/h6-8,16H,1-5H3,(H,17,18). The van der Waals surface area contributed by atoms with Crippen molar-refractivity contribution in [2.45, 2.75) is 40.2 Å². The highest BCUT2D eigenvalue weighted by Gasteiger charge is 2.19. The van der Waals surface area contributed by atoms with Gasteiger partial charge in [0.1, 0.15) is 5.69 Å². The molecule has 2 aromatic rings. The van der Waals surface area contributed by atoms with Crippen LogP contribution in [0.5, 0.6) is 0 Å². The zero-order valence-corrected chi connectivity index (χ0v) is 11.6. The van der Waals surface area contributed by atoms with Gasteiger partial charge in [-0.25, -0.2) is 0 Å². The summed E-state index contributed by atoms with van der Waals surface area (Å²) in [6.45, 7) is 9.96. The molecule has 96 valence electrons. The molecule has 0 atom stereocenters. The van der Waals surface area contributed by atoms with Crippen LogP contribution in [0.25, 0.3) is 10.9 Å². The number of nitrogens with one attached hydrogen (secondary N) is 2. The van der Waals surface area contributed by atoms with E-state index >= 15 is 0 Å². The summed E-state index contributed by atoms with van der Waals surface area (Å²) in [7, 11) is 0. The average Bonchev–Trinajstić information content (AvgIpc) is 2.53. The van der Waals surface area contributed by atoms with Gasteiger partial charge in [-0.3, -0.25) is 4.79 Å². The summed E-state index contributed by atoms with van der Waals surface area (Å²) in [6.07, 6.45) is 0. The molecule has 0 aliphatic heterocycles. The summed E-state index contributed by atoms with van der Waals surface area (Å²) in [5, 5.41) is 4.09. The van der Waals surface area contributed by atoms with Crippen molar-refractivity contribution in [3.8, 4) is 0 Å². The van der Waals surface area contributed by atoms with E-state index in [1.54, 1.807) is 0 Å². The SMILES string of the molecule is Cc1ccc2c(C)c(C(=O)NC(C)(C)C)[nH]c2c1. The molecule has 1 aromatic carbocycles. The molecule has 3 heteroatoms. The Morgan fingerprint density at radius 1 is 1.22 bits per heavy atom. The number of aryl methyl sites for hydroxylation is 2. The molecular weight excluding hydrogens is 224 g/mol. The fourth-order valence-corrected chi connectivity index (χ4v) is 2.08. The first-order valence-electron chi connectivity index (χ1n) is 6.19. The van der Waals surface area contributed by atoms with Crippen molar-refractivity contribution in [2.24, 2.45) is 0 Å². The van der Waals surface area contributed by atoms with Crippen molar-refractivity contribution in [1.82, 2.24) is 10.3 Å². The molecule has 0 aliphatic rings. The third-order valence-electron chi connectivity index (χ3n) is 2.93. The molecule has 1 amide bonds. The Hall–Kier alpha value is -1.77. The van der Waals surface area contributed by atoms with Crippen molar-refractivity contribution >= 4 is 16.8 Å². The van der Waals surface area contributed by atoms with Crippen LogP contribution >= 0.6 is 0 Å². The first-order valence-corrected chi connectivity index (χ1v) is 6.19. The second-order valence-corrected chi connectivity index (χ2v) is 5.88. The number of carbonyl (C=O) groups is 1. The Morgan fingerprint density at radius 2 is 1.89 bits per heavy atom. The largest absolute Gasteiger partial charge is 0.350 e. The third kappa shape index (κ3) is 2.40. The maximum atomic E-state index is 12.2. The predicted octanol–water partition coefficient (Wildman–Crippen LogP) is 3.31. The van der Waals surface area contributed by atoms with Gasteiger partial charge in [-0.05, 0) is 51.8 Å². The summed E-state index contributed by atoms with van der Waals surface area (Å²) >= 11 is 0. The monoisotopic (exact) mass is 244 g/mol. The van der Waals surface area contributed by atoms with Crippen molar-refractivity contribution < 1.29 is 4.79 Å². The molecule has 0 saturated heterocycles. The van der Waals surface area contributed by atoms with Gasteiger partial charge in [0.05, 0.1) is 0 Å². The number of rotatable bonds is 1. The number of fused-ring (bicyclic) bond motifs is 1. The Labute approximate surface area is 108 Å². The molecule has 3 nitrogen and oxygen atoms in total. The van der Waals surface area contributed by atoms with Gasteiger partial charge in [0.2, 0.25) is 0 Å². The lowest BCUT2D eigenvalue weighted by Gasteiger charge is -2.20. The van der Waals surface area contributed by atoms with Crippen LogP contribution in [0.3, 0.4) is 0 Å². The molecule has 0 spiro atoms. The summed E-state index contributed by atoms with van der Waals surface area (Å²) in [4.78, 5) is 15.4. The first-order chi connectivity index (χ1) is 8.28. The maximum absolute atomic E-state index is 12.2. The van der Waals surface area contributed by atoms with Crippen LogP contribution in [0.2, 0.25) is 0 Å². The maximum Gasteiger partial charge on any atom is 0.268 e. The van der Waals surface area contributed by atoms with E-state index < -0.39 is 0 Å². The van der Waals surface area contributed by atoms with Crippen LogP contribution in [0.1, 0.15) is 42.4 Å². The fraction of sp³-hybridized carbons (Fsp3) is 0.400. The van der Waals surface area contributed by atoms with Crippen molar-refractivity contribution in [2.75, 3.05) is 0 Å². The van der Waals surface area contributed by atoms with Gasteiger partial charge in [0.25, 0.3) is 5.91 Å². The molecule has 0 fully saturated rings. The number of hydrogen-bond acceptors (Lipinski definition) is 1. The van der Waals surface area contributed by atoms with Gasteiger partial charge in [-0.1, -0.05) is 12.1 Å².